The zero-order valence-corrected chi connectivity index (χ0v) is 12.2. The largest absolute Gasteiger partial charge is 0.426 e. The third kappa shape index (κ3) is 3.68. The van der Waals surface area contributed by atoms with Gasteiger partial charge in [-0.15, -0.1) is 0 Å². The molecule has 1 unspecified atom stereocenters. The smallest absolute Gasteiger partial charge is 0.290 e. The summed E-state index contributed by atoms with van der Waals surface area (Å²) >= 11 is 0. The van der Waals surface area contributed by atoms with Gasteiger partial charge >= 0.3 is 0 Å². The number of aliphatic hydroxyl groups excluding tert-OH is 1. The highest BCUT2D eigenvalue weighted by Crippen LogP contribution is 2.34. The highest BCUT2D eigenvalue weighted by atomic mass is 16.6. The third-order valence-electron chi connectivity index (χ3n) is 3.71. The van der Waals surface area contributed by atoms with Crippen LogP contribution in [0.1, 0.15) is 29.8 Å². The maximum atomic E-state index is 12.2. The first-order chi connectivity index (χ1) is 10.8. The summed E-state index contributed by atoms with van der Waals surface area (Å²) in [5.74, 6) is 1.36. The number of nitrogens with one attached hydrogen (secondary N) is 1. The molecule has 1 aliphatic rings. The van der Waals surface area contributed by atoms with E-state index in [0.29, 0.717) is 18.1 Å². The summed E-state index contributed by atoms with van der Waals surface area (Å²) in [5, 5.41) is 12.0. The average molecular weight is 301 g/mol. The van der Waals surface area contributed by atoms with Gasteiger partial charge in [-0.05, 0) is 43.4 Å². The maximum Gasteiger partial charge on any atom is 0.290 e. The van der Waals surface area contributed by atoms with Gasteiger partial charge in [0.2, 0.25) is 0 Å². The Labute approximate surface area is 128 Å². The second-order valence-electron chi connectivity index (χ2n) is 5.46. The first-order valence-electron chi connectivity index (χ1n) is 7.50. The fourth-order valence-electron chi connectivity index (χ4n) is 2.40. The predicted octanol–water partition coefficient (Wildman–Crippen LogP) is 2.96. The van der Waals surface area contributed by atoms with Crippen molar-refractivity contribution in [2.75, 3.05) is 6.61 Å². The van der Waals surface area contributed by atoms with Crippen LogP contribution in [0, 0.1) is 5.92 Å². The van der Waals surface area contributed by atoms with E-state index in [2.05, 4.69) is 5.32 Å². The van der Waals surface area contributed by atoms with Crippen LogP contribution >= 0.6 is 0 Å². The lowest BCUT2D eigenvalue weighted by molar-refractivity contribution is 0.0891. The fraction of sp³-hybridized carbons (Fsp3) is 0.353. The molecule has 1 aliphatic carbocycles. The topological polar surface area (TPSA) is 71.7 Å². The Balaban J connectivity index is 1.61. The van der Waals surface area contributed by atoms with Gasteiger partial charge in [0.1, 0.15) is 5.75 Å². The Morgan fingerprint density at radius 3 is 2.73 bits per heavy atom. The van der Waals surface area contributed by atoms with Gasteiger partial charge in [0.05, 0.1) is 0 Å². The van der Waals surface area contributed by atoms with Crippen LogP contribution in [-0.4, -0.2) is 23.7 Å². The lowest BCUT2D eigenvalue weighted by Gasteiger charge is -2.15. The molecule has 0 aliphatic heterocycles. The lowest BCUT2D eigenvalue weighted by atomic mass is 10.1. The van der Waals surface area contributed by atoms with Crippen molar-refractivity contribution in [3.8, 4) is 11.7 Å². The van der Waals surface area contributed by atoms with E-state index in [1.807, 2.05) is 30.3 Å². The monoisotopic (exact) mass is 301 g/mol. The molecular weight excluding hydrogens is 282 g/mol. The molecule has 2 N–H and O–H groups in total. The van der Waals surface area contributed by atoms with Gasteiger partial charge in [0.15, 0.2) is 5.76 Å². The standard InChI is InChI=1S/C17H19NO4/c19-11-10-14(12-6-7-12)18-17(20)15-8-9-16(22-15)21-13-4-2-1-3-5-13/h1-5,8-9,12,14,19H,6-7,10-11H2,(H,18,20). The molecule has 1 amide bonds. The summed E-state index contributed by atoms with van der Waals surface area (Å²) in [6.45, 7) is 0.0714. The Hall–Kier alpha value is -2.27. The molecule has 5 heteroatoms. The lowest BCUT2D eigenvalue weighted by Crippen LogP contribution is -2.36. The van der Waals surface area contributed by atoms with Gasteiger partial charge in [0, 0.05) is 18.7 Å². The van der Waals surface area contributed by atoms with Crippen LogP contribution in [0.4, 0.5) is 0 Å². The van der Waals surface area contributed by atoms with Crippen molar-refractivity contribution in [2.45, 2.75) is 25.3 Å². The van der Waals surface area contributed by atoms with Crippen LogP contribution in [0.15, 0.2) is 46.9 Å². The van der Waals surface area contributed by atoms with Crippen molar-refractivity contribution in [3.63, 3.8) is 0 Å². The molecule has 0 saturated heterocycles. The van der Waals surface area contributed by atoms with Crippen molar-refractivity contribution in [1.82, 2.24) is 5.32 Å². The van der Waals surface area contributed by atoms with Crippen LogP contribution < -0.4 is 10.1 Å². The number of rotatable bonds is 7. The summed E-state index contributed by atoms with van der Waals surface area (Å²) in [6.07, 6.45) is 2.78. The number of aliphatic hydroxyl groups is 1. The van der Waals surface area contributed by atoms with Crippen LogP contribution in [0.2, 0.25) is 0 Å². The molecule has 1 saturated carbocycles. The first-order valence-corrected chi connectivity index (χ1v) is 7.50. The van der Waals surface area contributed by atoms with Crippen molar-refractivity contribution >= 4 is 5.91 Å². The van der Waals surface area contributed by atoms with Gasteiger partial charge in [0.25, 0.3) is 11.9 Å². The summed E-state index contributed by atoms with van der Waals surface area (Å²) in [5.41, 5.74) is 0. The highest BCUT2D eigenvalue weighted by molar-refractivity contribution is 5.91. The molecule has 1 heterocycles. The summed E-state index contributed by atoms with van der Waals surface area (Å²) in [7, 11) is 0. The van der Waals surface area contributed by atoms with E-state index < -0.39 is 0 Å². The molecule has 0 spiro atoms. The van der Waals surface area contributed by atoms with E-state index in [-0.39, 0.29) is 30.3 Å². The van der Waals surface area contributed by atoms with Crippen LogP contribution in [0.25, 0.3) is 0 Å². The first kappa shape index (κ1) is 14.7. The van der Waals surface area contributed by atoms with Crippen molar-refractivity contribution in [2.24, 2.45) is 5.92 Å². The number of benzene rings is 1. The van der Waals surface area contributed by atoms with E-state index >= 15 is 0 Å². The Morgan fingerprint density at radius 1 is 1.27 bits per heavy atom. The number of para-hydroxylation sites is 1. The quantitative estimate of drug-likeness (QED) is 0.824. The molecule has 1 aromatic carbocycles. The van der Waals surface area contributed by atoms with Gasteiger partial charge in [-0.1, -0.05) is 18.2 Å². The van der Waals surface area contributed by atoms with Gasteiger partial charge in [-0.3, -0.25) is 4.79 Å². The number of furan rings is 1. The van der Waals surface area contributed by atoms with E-state index in [4.69, 9.17) is 14.3 Å². The van der Waals surface area contributed by atoms with Gasteiger partial charge < -0.3 is 19.6 Å². The normalized spacial score (nSPS) is 15.3. The predicted molar refractivity (Wildman–Crippen MR) is 80.9 cm³/mol. The van der Waals surface area contributed by atoms with Gasteiger partial charge in [-0.2, -0.15) is 0 Å². The molecule has 22 heavy (non-hydrogen) atoms. The Kier molecular flexibility index (Phi) is 4.44. The summed E-state index contributed by atoms with van der Waals surface area (Å²) < 4.78 is 11.0. The van der Waals surface area contributed by atoms with Gasteiger partial charge in [-0.25, -0.2) is 0 Å². The fourth-order valence-corrected chi connectivity index (χ4v) is 2.40. The molecule has 1 atom stereocenters. The SMILES string of the molecule is O=C(NC(CCO)C1CC1)c1ccc(Oc2ccccc2)o1. The Morgan fingerprint density at radius 2 is 2.05 bits per heavy atom. The zero-order valence-electron chi connectivity index (χ0n) is 12.2. The van der Waals surface area contributed by atoms with Crippen molar-refractivity contribution in [3.05, 3.63) is 48.2 Å². The number of hydrogen-bond acceptors (Lipinski definition) is 4. The molecule has 2 aromatic rings. The molecule has 0 radical (unpaired) electrons. The van der Waals surface area contributed by atoms with E-state index in [0.717, 1.165) is 12.8 Å². The highest BCUT2D eigenvalue weighted by Gasteiger charge is 2.32. The molecule has 0 bridgehead atoms. The van der Waals surface area contributed by atoms with Crippen LogP contribution in [0.3, 0.4) is 0 Å². The zero-order chi connectivity index (χ0) is 15.4. The summed E-state index contributed by atoms with van der Waals surface area (Å²) in [4.78, 5) is 12.2. The Bertz CT molecular complexity index is 619. The van der Waals surface area contributed by atoms with E-state index in [1.165, 1.54) is 0 Å². The number of hydrogen-bond donors (Lipinski definition) is 2. The van der Waals surface area contributed by atoms with E-state index in [9.17, 15) is 4.79 Å². The molecule has 1 fully saturated rings. The second kappa shape index (κ2) is 6.66. The maximum absolute atomic E-state index is 12.2. The molecular formula is C17H19NO4. The second-order valence-corrected chi connectivity index (χ2v) is 5.46. The number of ether oxygens (including phenoxy) is 1. The summed E-state index contributed by atoms with van der Waals surface area (Å²) in [6, 6.07) is 12.5. The number of amides is 1. The molecule has 1 aromatic heterocycles. The minimum Gasteiger partial charge on any atom is -0.426 e. The molecule has 5 nitrogen and oxygen atoms in total. The van der Waals surface area contributed by atoms with Crippen molar-refractivity contribution < 1.29 is 19.1 Å². The minimum absolute atomic E-state index is 0.0149. The molecule has 116 valence electrons. The minimum atomic E-state index is -0.270. The molecule has 3 rings (SSSR count). The number of carbonyl (C=O) groups excluding carboxylic acids is 1. The van der Waals surface area contributed by atoms with Crippen LogP contribution in [-0.2, 0) is 0 Å². The number of carbonyl (C=O) groups is 1. The average Bonchev–Trinajstić information content (AvgIpc) is 3.27. The third-order valence-corrected chi connectivity index (χ3v) is 3.71. The van der Waals surface area contributed by atoms with E-state index in [1.54, 1.807) is 12.1 Å². The van der Waals surface area contributed by atoms with Crippen molar-refractivity contribution in [1.29, 1.82) is 0 Å². The van der Waals surface area contributed by atoms with Crippen LogP contribution in [0.5, 0.6) is 11.7 Å².